The van der Waals surface area contributed by atoms with Crippen LogP contribution in [0.2, 0.25) is 0 Å². The molecule has 0 spiro atoms. The Kier molecular flexibility index (Phi) is 3.30. The number of hydrogen-bond acceptors (Lipinski definition) is 2. The Morgan fingerprint density at radius 3 is 2.23 bits per heavy atom. The Morgan fingerprint density at radius 2 is 1.29 bits per heavy atom. The van der Waals surface area contributed by atoms with Gasteiger partial charge in [-0.1, -0.05) is 72.8 Å². The van der Waals surface area contributed by atoms with Crippen LogP contribution in [0, 0.1) is 0 Å². The van der Waals surface area contributed by atoms with Gasteiger partial charge in [-0.25, -0.2) is 0 Å². The molecule has 0 bridgehead atoms. The molecule has 7 rings (SSSR count). The first-order valence-corrected chi connectivity index (χ1v) is 10.5. The Balaban J connectivity index is 1.51. The van der Waals surface area contributed by atoms with Gasteiger partial charge in [0.05, 0.1) is 5.69 Å². The number of aromatic nitrogens is 1. The summed E-state index contributed by atoms with van der Waals surface area (Å²) in [6, 6.07) is 34.1. The van der Waals surface area contributed by atoms with Gasteiger partial charge in [0.15, 0.2) is 0 Å². The average Bonchev–Trinajstić information content (AvgIpc) is 3.21. The third-order valence-corrected chi connectivity index (χ3v) is 6.27. The summed E-state index contributed by atoms with van der Waals surface area (Å²) in [6.07, 6.45) is 1.94. The lowest BCUT2D eigenvalue weighted by Crippen LogP contribution is -1.84. The molecule has 0 saturated heterocycles. The van der Waals surface area contributed by atoms with Gasteiger partial charge in [0, 0.05) is 33.3 Å². The zero-order valence-electron chi connectivity index (χ0n) is 16.7. The molecule has 0 saturated carbocycles. The molecular formula is C29H17NO. The van der Waals surface area contributed by atoms with Crippen molar-refractivity contribution in [3.8, 4) is 11.3 Å². The van der Waals surface area contributed by atoms with E-state index in [-0.39, 0.29) is 0 Å². The van der Waals surface area contributed by atoms with Crippen molar-refractivity contribution in [2.75, 3.05) is 0 Å². The number of benzene rings is 5. The van der Waals surface area contributed by atoms with Gasteiger partial charge >= 0.3 is 0 Å². The molecule has 2 heteroatoms. The summed E-state index contributed by atoms with van der Waals surface area (Å²) in [4.78, 5) is 4.69. The number of rotatable bonds is 1. The Bertz CT molecular complexity index is 1790. The fraction of sp³-hybridized carbons (Fsp3) is 0. The Morgan fingerprint density at radius 1 is 0.548 bits per heavy atom. The number of hydrogen-bond donors (Lipinski definition) is 0. The molecule has 0 unspecified atom stereocenters. The van der Waals surface area contributed by atoms with E-state index in [0.29, 0.717) is 0 Å². The molecule has 2 nitrogen and oxygen atoms in total. The minimum Gasteiger partial charge on any atom is -0.455 e. The molecule has 0 fully saturated rings. The minimum atomic E-state index is 0.892. The summed E-state index contributed by atoms with van der Waals surface area (Å²) >= 11 is 0. The lowest BCUT2D eigenvalue weighted by molar-refractivity contribution is 0.673. The van der Waals surface area contributed by atoms with Crippen LogP contribution in [0.5, 0.6) is 0 Å². The van der Waals surface area contributed by atoms with Crippen molar-refractivity contribution in [2.45, 2.75) is 0 Å². The SMILES string of the molecule is c1ccc2cc(-c3ccc4c(c3)oc3c4ccc4ccc5ccccc5c43)ncc2c1. The van der Waals surface area contributed by atoms with E-state index in [1.165, 1.54) is 26.9 Å². The van der Waals surface area contributed by atoms with Crippen molar-refractivity contribution in [3.63, 3.8) is 0 Å². The summed E-state index contributed by atoms with van der Waals surface area (Å²) in [5.74, 6) is 0. The second-order valence-corrected chi connectivity index (χ2v) is 8.06. The highest BCUT2D eigenvalue weighted by Crippen LogP contribution is 2.38. The van der Waals surface area contributed by atoms with Gasteiger partial charge in [-0.15, -0.1) is 0 Å². The first kappa shape index (κ1) is 16.6. The van der Waals surface area contributed by atoms with Crippen LogP contribution in [0.25, 0.3) is 65.5 Å². The maximum atomic E-state index is 6.50. The monoisotopic (exact) mass is 395 g/mol. The minimum absolute atomic E-state index is 0.892. The lowest BCUT2D eigenvalue weighted by Gasteiger charge is -2.04. The zero-order valence-corrected chi connectivity index (χ0v) is 16.7. The van der Waals surface area contributed by atoms with Gasteiger partial charge in [-0.2, -0.15) is 0 Å². The summed E-state index contributed by atoms with van der Waals surface area (Å²) in [5, 5.41) is 9.44. The molecule has 5 aromatic carbocycles. The number of pyridine rings is 1. The third-order valence-electron chi connectivity index (χ3n) is 6.27. The van der Waals surface area contributed by atoms with Crippen molar-refractivity contribution < 1.29 is 4.42 Å². The van der Waals surface area contributed by atoms with Gasteiger partial charge in [0.2, 0.25) is 0 Å². The highest BCUT2D eigenvalue weighted by Gasteiger charge is 2.13. The second-order valence-electron chi connectivity index (χ2n) is 8.06. The topological polar surface area (TPSA) is 26.0 Å². The van der Waals surface area contributed by atoms with E-state index in [2.05, 4.69) is 96.0 Å². The van der Waals surface area contributed by atoms with E-state index in [1.54, 1.807) is 0 Å². The van der Waals surface area contributed by atoms with Crippen LogP contribution in [0.1, 0.15) is 0 Å². The molecule has 0 amide bonds. The van der Waals surface area contributed by atoms with Crippen molar-refractivity contribution in [3.05, 3.63) is 103 Å². The Labute approximate surface area is 178 Å². The van der Waals surface area contributed by atoms with Crippen LogP contribution in [0.15, 0.2) is 108 Å². The molecule has 0 N–H and O–H groups in total. The normalized spacial score (nSPS) is 11.9. The molecule has 2 aromatic heterocycles. The predicted octanol–water partition coefficient (Wildman–Crippen LogP) is 8.11. The van der Waals surface area contributed by atoms with Gasteiger partial charge in [-0.3, -0.25) is 4.98 Å². The van der Waals surface area contributed by atoms with Gasteiger partial charge in [0.1, 0.15) is 11.2 Å². The molecule has 0 aliphatic heterocycles. The highest BCUT2D eigenvalue weighted by molar-refractivity contribution is 6.23. The zero-order chi connectivity index (χ0) is 20.4. The van der Waals surface area contributed by atoms with E-state index < -0.39 is 0 Å². The van der Waals surface area contributed by atoms with Gasteiger partial charge < -0.3 is 4.42 Å². The van der Waals surface area contributed by atoms with E-state index in [0.717, 1.165) is 38.6 Å². The number of furan rings is 1. The van der Waals surface area contributed by atoms with E-state index in [4.69, 9.17) is 4.42 Å². The van der Waals surface area contributed by atoms with Crippen molar-refractivity contribution in [1.82, 2.24) is 4.98 Å². The lowest BCUT2D eigenvalue weighted by atomic mass is 9.99. The smallest absolute Gasteiger partial charge is 0.143 e. The Hall–Kier alpha value is -4.17. The quantitative estimate of drug-likeness (QED) is 0.262. The molecule has 0 radical (unpaired) electrons. The predicted molar refractivity (Wildman–Crippen MR) is 129 cm³/mol. The van der Waals surface area contributed by atoms with E-state index in [9.17, 15) is 0 Å². The fourth-order valence-electron chi connectivity index (χ4n) is 4.72. The third kappa shape index (κ3) is 2.42. The molecule has 7 aromatic rings. The standard InChI is InChI=1S/C29H17NO/c1-2-7-22-17-30-26(15-20(22)6-1)21-12-13-24-25-14-11-19-10-9-18-5-3-4-8-23(18)28(19)29(25)31-27(24)16-21/h1-17H. The molecule has 0 aliphatic carbocycles. The van der Waals surface area contributed by atoms with Crippen LogP contribution in [0.3, 0.4) is 0 Å². The molecule has 144 valence electrons. The fourth-order valence-corrected chi connectivity index (χ4v) is 4.72. The number of fused-ring (bicyclic) bond motifs is 8. The first-order valence-electron chi connectivity index (χ1n) is 10.5. The average molecular weight is 395 g/mol. The van der Waals surface area contributed by atoms with Crippen LogP contribution in [-0.4, -0.2) is 4.98 Å². The maximum Gasteiger partial charge on any atom is 0.143 e. The molecule has 2 heterocycles. The molecule has 31 heavy (non-hydrogen) atoms. The van der Waals surface area contributed by atoms with Crippen LogP contribution >= 0.6 is 0 Å². The maximum absolute atomic E-state index is 6.50. The summed E-state index contributed by atoms with van der Waals surface area (Å²) in [5.41, 5.74) is 3.86. The molecule has 0 aliphatic rings. The van der Waals surface area contributed by atoms with E-state index in [1.807, 2.05) is 12.3 Å². The summed E-state index contributed by atoms with van der Waals surface area (Å²) < 4.78 is 6.50. The van der Waals surface area contributed by atoms with Gasteiger partial charge in [-0.05, 0) is 45.8 Å². The highest BCUT2D eigenvalue weighted by atomic mass is 16.3. The van der Waals surface area contributed by atoms with E-state index >= 15 is 0 Å². The second kappa shape index (κ2) is 6.16. The first-order chi connectivity index (χ1) is 15.3. The largest absolute Gasteiger partial charge is 0.455 e. The van der Waals surface area contributed by atoms with Crippen LogP contribution < -0.4 is 0 Å². The van der Waals surface area contributed by atoms with Gasteiger partial charge in [0.25, 0.3) is 0 Å². The molecule has 0 atom stereocenters. The summed E-state index contributed by atoms with van der Waals surface area (Å²) in [7, 11) is 0. The molecular weight excluding hydrogens is 378 g/mol. The summed E-state index contributed by atoms with van der Waals surface area (Å²) in [6.45, 7) is 0. The van der Waals surface area contributed by atoms with Crippen LogP contribution in [-0.2, 0) is 0 Å². The van der Waals surface area contributed by atoms with Crippen molar-refractivity contribution in [2.24, 2.45) is 0 Å². The van der Waals surface area contributed by atoms with Crippen molar-refractivity contribution >= 4 is 54.3 Å². The number of nitrogens with zero attached hydrogens (tertiary/aromatic N) is 1. The van der Waals surface area contributed by atoms with Crippen molar-refractivity contribution in [1.29, 1.82) is 0 Å². The van der Waals surface area contributed by atoms with Crippen LogP contribution in [0.4, 0.5) is 0 Å².